The Morgan fingerprint density at radius 2 is 2.04 bits per heavy atom. The van der Waals surface area contributed by atoms with Crippen LogP contribution >= 0.6 is 0 Å². The molecule has 0 spiro atoms. The summed E-state index contributed by atoms with van der Waals surface area (Å²) in [7, 11) is 1.34. The van der Waals surface area contributed by atoms with Crippen LogP contribution in [0.25, 0.3) is 6.08 Å². The molecule has 140 valence electrons. The second-order valence-corrected chi connectivity index (χ2v) is 5.19. The van der Waals surface area contributed by atoms with Gasteiger partial charge in [-0.3, -0.25) is 14.9 Å². The second-order valence-electron chi connectivity index (χ2n) is 5.19. The summed E-state index contributed by atoms with van der Waals surface area (Å²) in [6.07, 6.45) is 2.39. The molecule has 0 bridgehead atoms. The highest BCUT2D eigenvalue weighted by Crippen LogP contribution is 2.28. The first-order valence-corrected chi connectivity index (χ1v) is 7.61. The van der Waals surface area contributed by atoms with E-state index < -0.39 is 29.2 Å². The molecule has 1 N–H and O–H groups in total. The van der Waals surface area contributed by atoms with E-state index in [4.69, 9.17) is 9.47 Å². The summed E-state index contributed by atoms with van der Waals surface area (Å²) in [6, 6.07) is 9.26. The summed E-state index contributed by atoms with van der Waals surface area (Å²) in [5, 5.41) is 13.2. The minimum atomic E-state index is -0.805. The Morgan fingerprint density at radius 1 is 1.26 bits per heavy atom. The molecule has 0 unspecified atom stereocenters. The Hall–Kier alpha value is -3.75. The van der Waals surface area contributed by atoms with Crippen LogP contribution in [0, 0.1) is 15.9 Å². The van der Waals surface area contributed by atoms with Crippen molar-refractivity contribution in [2.24, 2.45) is 0 Å². The summed E-state index contributed by atoms with van der Waals surface area (Å²) in [5.74, 6) is -1.75. The number of benzene rings is 2. The zero-order valence-corrected chi connectivity index (χ0v) is 14.2. The van der Waals surface area contributed by atoms with Crippen LogP contribution < -0.4 is 10.1 Å². The van der Waals surface area contributed by atoms with Crippen molar-refractivity contribution in [3.05, 3.63) is 70.0 Å². The van der Waals surface area contributed by atoms with E-state index in [2.05, 4.69) is 5.32 Å². The highest BCUT2D eigenvalue weighted by atomic mass is 19.1. The minimum absolute atomic E-state index is 0.0723. The van der Waals surface area contributed by atoms with Gasteiger partial charge in [0.05, 0.1) is 17.7 Å². The highest BCUT2D eigenvalue weighted by molar-refractivity contribution is 5.96. The van der Waals surface area contributed by atoms with Crippen molar-refractivity contribution < 1.29 is 28.4 Å². The SMILES string of the molecule is COc1ccc([N+](=O)[O-])cc1NC(=O)COC(=O)/C=C/c1cccc(F)c1. The molecule has 0 saturated heterocycles. The molecule has 0 heterocycles. The Kier molecular flexibility index (Phi) is 6.59. The van der Waals surface area contributed by atoms with E-state index >= 15 is 0 Å². The van der Waals surface area contributed by atoms with E-state index in [0.29, 0.717) is 5.56 Å². The van der Waals surface area contributed by atoms with Gasteiger partial charge in [-0.2, -0.15) is 0 Å². The number of non-ortho nitro benzene ring substituents is 1. The molecule has 0 aliphatic heterocycles. The number of hydrogen-bond acceptors (Lipinski definition) is 6. The van der Waals surface area contributed by atoms with Crippen LogP contribution in [0.2, 0.25) is 0 Å². The predicted molar refractivity (Wildman–Crippen MR) is 94.7 cm³/mol. The van der Waals surface area contributed by atoms with Crippen molar-refractivity contribution in [2.45, 2.75) is 0 Å². The van der Waals surface area contributed by atoms with Gasteiger partial charge in [0, 0.05) is 18.2 Å². The van der Waals surface area contributed by atoms with Crippen LogP contribution in [0.4, 0.5) is 15.8 Å². The number of nitrogens with one attached hydrogen (secondary N) is 1. The summed E-state index contributed by atoms with van der Waals surface area (Å²) in [4.78, 5) is 33.7. The lowest BCUT2D eigenvalue weighted by molar-refractivity contribution is -0.384. The number of methoxy groups -OCH3 is 1. The van der Waals surface area contributed by atoms with Crippen molar-refractivity contribution >= 4 is 29.3 Å². The molecule has 9 heteroatoms. The zero-order chi connectivity index (χ0) is 19.8. The van der Waals surface area contributed by atoms with Gasteiger partial charge < -0.3 is 14.8 Å². The Labute approximate surface area is 153 Å². The number of nitro benzene ring substituents is 1. The van der Waals surface area contributed by atoms with E-state index in [9.17, 15) is 24.1 Å². The van der Waals surface area contributed by atoms with Gasteiger partial charge >= 0.3 is 5.97 Å². The normalized spacial score (nSPS) is 10.4. The largest absolute Gasteiger partial charge is 0.495 e. The van der Waals surface area contributed by atoms with Gasteiger partial charge in [0.2, 0.25) is 0 Å². The van der Waals surface area contributed by atoms with Gasteiger partial charge in [0.15, 0.2) is 6.61 Å². The average molecular weight is 374 g/mol. The number of halogens is 1. The summed E-state index contributed by atoms with van der Waals surface area (Å²) in [5.41, 5.74) is 0.293. The van der Waals surface area contributed by atoms with E-state index in [1.165, 1.54) is 43.5 Å². The van der Waals surface area contributed by atoms with E-state index in [1.54, 1.807) is 6.07 Å². The van der Waals surface area contributed by atoms with Gasteiger partial charge in [-0.05, 0) is 29.8 Å². The van der Waals surface area contributed by atoms with Gasteiger partial charge in [0.1, 0.15) is 11.6 Å². The smallest absolute Gasteiger partial charge is 0.331 e. The monoisotopic (exact) mass is 374 g/mol. The fourth-order valence-corrected chi connectivity index (χ4v) is 2.05. The highest BCUT2D eigenvalue weighted by Gasteiger charge is 2.14. The van der Waals surface area contributed by atoms with Crippen molar-refractivity contribution in [3.8, 4) is 5.75 Å². The van der Waals surface area contributed by atoms with Crippen LogP contribution in [0.3, 0.4) is 0 Å². The number of nitrogens with zero attached hydrogens (tertiary/aromatic N) is 1. The molecular weight excluding hydrogens is 359 g/mol. The fourth-order valence-electron chi connectivity index (χ4n) is 2.05. The van der Waals surface area contributed by atoms with Crippen LogP contribution in [-0.4, -0.2) is 30.5 Å². The third-order valence-corrected chi connectivity index (χ3v) is 3.27. The van der Waals surface area contributed by atoms with Gasteiger partial charge in [0.25, 0.3) is 11.6 Å². The lowest BCUT2D eigenvalue weighted by Gasteiger charge is -2.09. The van der Waals surface area contributed by atoms with Crippen LogP contribution in [-0.2, 0) is 14.3 Å². The molecule has 2 rings (SSSR count). The number of nitro groups is 1. The maximum atomic E-state index is 13.0. The quantitative estimate of drug-likeness (QED) is 0.345. The summed E-state index contributed by atoms with van der Waals surface area (Å²) < 4.78 is 22.8. The first kappa shape index (κ1) is 19.6. The number of ether oxygens (including phenoxy) is 2. The number of rotatable bonds is 7. The topological polar surface area (TPSA) is 108 Å². The maximum Gasteiger partial charge on any atom is 0.331 e. The molecule has 0 aliphatic carbocycles. The van der Waals surface area contributed by atoms with Gasteiger partial charge in [-0.1, -0.05) is 12.1 Å². The standard InChI is InChI=1S/C18H15FN2O6/c1-26-16-7-6-14(21(24)25)10-15(16)20-17(22)11-27-18(23)8-5-12-3-2-4-13(19)9-12/h2-10H,11H2,1H3,(H,20,22)/b8-5+. The molecule has 27 heavy (non-hydrogen) atoms. The summed E-state index contributed by atoms with van der Waals surface area (Å²) in [6.45, 7) is -0.613. The maximum absolute atomic E-state index is 13.0. The first-order chi connectivity index (χ1) is 12.9. The third-order valence-electron chi connectivity index (χ3n) is 3.27. The molecule has 0 aliphatic rings. The summed E-state index contributed by atoms with van der Waals surface area (Å²) >= 11 is 0. The third kappa shape index (κ3) is 5.92. The van der Waals surface area contributed by atoms with Crippen molar-refractivity contribution in [1.29, 1.82) is 0 Å². The molecule has 8 nitrogen and oxygen atoms in total. The Balaban J connectivity index is 1.93. The fraction of sp³-hybridized carbons (Fsp3) is 0.111. The molecule has 0 atom stereocenters. The van der Waals surface area contributed by atoms with Crippen molar-refractivity contribution in [2.75, 3.05) is 19.0 Å². The molecule has 2 aromatic carbocycles. The average Bonchev–Trinajstić information content (AvgIpc) is 2.64. The van der Waals surface area contributed by atoms with E-state index in [1.807, 2.05) is 0 Å². The number of anilines is 1. The number of carbonyl (C=O) groups excluding carboxylic acids is 2. The second kappa shape index (κ2) is 9.09. The first-order valence-electron chi connectivity index (χ1n) is 7.61. The molecule has 0 saturated carbocycles. The number of amides is 1. The molecule has 0 aromatic heterocycles. The van der Waals surface area contributed by atoms with Crippen LogP contribution in [0.15, 0.2) is 48.5 Å². The van der Waals surface area contributed by atoms with Gasteiger partial charge in [-0.15, -0.1) is 0 Å². The number of esters is 1. The predicted octanol–water partition coefficient (Wildman–Crippen LogP) is 2.94. The number of carbonyl (C=O) groups is 2. The molecule has 2 aromatic rings. The van der Waals surface area contributed by atoms with Gasteiger partial charge in [-0.25, -0.2) is 9.18 Å². The number of hydrogen-bond donors (Lipinski definition) is 1. The van der Waals surface area contributed by atoms with Crippen LogP contribution in [0.1, 0.15) is 5.56 Å². The van der Waals surface area contributed by atoms with Crippen LogP contribution in [0.5, 0.6) is 5.75 Å². The zero-order valence-electron chi connectivity index (χ0n) is 14.2. The minimum Gasteiger partial charge on any atom is -0.495 e. The molecule has 1 amide bonds. The molecule has 0 radical (unpaired) electrons. The molecule has 0 fully saturated rings. The van der Waals surface area contributed by atoms with E-state index in [-0.39, 0.29) is 17.1 Å². The lowest BCUT2D eigenvalue weighted by Crippen LogP contribution is -2.20. The van der Waals surface area contributed by atoms with Crippen molar-refractivity contribution in [3.63, 3.8) is 0 Å². The molecular formula is C18H15FN2O6. The Morgan fingerprint density at radius 3 is 2.70 bits per heavy atom. The lowest BCUT2D eigenvalue weighted by atomic mass is 10.2. The Bertz CT molecular complexity index is 897. The van der Waals surface area contributed by atoms with Crippen molar-refractivity contribution in [1.82, 2.24) is 0 Å². The van der Waals surface area contributed by atoms with E-state index in [0.717, 1.165) is 12.1 Å².